The molecule has 0 saturated carbocycles. The summed E-state index contributed by atoms with van der Waals surface area (Å²) in [6.07, 6.45) is 16.0. The predicted molar refractivity (Wildman–Crippen MR) is 209 cm³/mol. The second kappa shape index (κ2) is 24.2. The second-order valence-electron chi connectivity index (χ2n) is 14.8. The molecule has 4 rings (SSSR count). The number of phosphoric acid groups is 1. The van der Waals surface area contributed by atoms with E-state index in [4.69, 9.17) is 23.3 Å². The van der Waals surface area contributed by atoms with Crippen molar-refractivity contribution in [3.8, 4) is 6.07 Å². The zero-order chi connectivity index (χ0) is 40.2. The van der Waals surface area contributed by atoms with Crippen LogP contribution in [0.4, 0.5) is 4.39 Å². The van der Waals surface area contributed by atoms with Gasteiger partial charge in [0.15, 0.2) is 0 Å². The van der Waals surface area contributed by atoms with Crippen molar-refractivity contribution in [3.05, 3.63) is 65.5 Å². The van der Waals surface area contributed by atoms with Crippen LogP contribution in [0.1, 0.15) is 127 Å². The van der Waals surface area contributed by atoms with E-state index >= 15 is 0 Å². The Morgan fingerprint density at radius 2 is 1.55 bits per heavy atom. The lowest BCUT2D eigenvalue weighted by atomic mass is 9.92. The summed E-state index contributed by atoms with van der Waals surface area (Å²) in [6, 6.07) is 11.3. The molecular weight excluding hydrogens is 742 g/mol. The monoisotopic (exact) mass is 804 g/mol. The standard InChI is InChI=1S/C41H62FN4O9P/c1-3-4-5-6-7-8-9-10-11-12-13-14-15-16-17-20-25-51-27-34(52-26-33-21-18-19-22-35(33)42)28-53-56(49,50)54-29-37-39(47)40(48)41(30-43,55-37)38-24-23-36-32(2)44-31-45-46(36)38/h18-19,21-24,31,34,37,39-40,47-48H,3-17,20,25-29H2,1-2H3,(H,49,50)/t34-,37-,39-,40-,41+/m1/s1. The van der Waals surface area contributed by atoms with Gasteiger partial charge in [0.05, 0.1) is 43.3 Å². The van der Waals surface area contributed by atoms with Crippen LogP contribution in [0.5, 0.6) is 0 Å². The van der Waals surface area contributed by atoms with Crippen LogP contribution < -0.4 is 0 Å². The Hall–Kier alpha value is -2.83. The van der Waals surface area contributed by atoms with Gasteiger partial charge in [0.25, 0.3) is 0 Å². The molecule has 0 radical (unpaired) electrons. The van der Waals surface area contributed by atoms with Gasteiger partial charge in [0.2, 0.25) is 5.60 Å². The van der Waals surface area contributed by atoms with E-state index in [1.807, 2.05) is 6.07 Å². The van der Waals surface area contributed by atoms with Crippen molar-refractivity contribution in [2.24, 2.45) is 0 Å². The second-order valence-corrected chi connectivity index (χ2v) is 16.2. The zero-order valence-corrected chi connectivity index (χ0v) is 34.0. The van der Waals surface area contributed by atoms with Crippen molar-refractivity contribution in [1.29, 1.82) is 5.26 Å². The number of benzene rings is 1. The van der Waals surface area contributed by atoms with Crippen molar-refractivity contribution in [3.63, 3.8) is 0 Å². The van der Waals surface area contributed by atoms with E-state index in [0.717, 1.165) is 19.3 Å². The number of aromatic nitrogens is 3. The van der Waals surface area contributed by atoms with E-state index in [1.54, 1.807) is 31.2 Å². The SMILES string of the molecule is CCCCCCCCCCCCCCCCCCOC[C@H](COP(=O)(O)OC[C@H]1O[C@@](C#N)(c2ccc3c(C)ncnn23)[C@H](O)[C@@H]1O)OCc1ccccc1F. The Morgan fingerprint density at radius 1 is 0.929 bits per heavy atom. The number of halogens is 1. The first kappa shape index (κ1) is 45.9. The predicted octanol–water partition coefficient (Wildman–Crippen LogP) is 8.01. The highest BCUT2D eigenvalue weighted by Gasteiger charge is 2.58. The van der Waals surface area contributed by atoms with Crippen LogP contribution in [0, 0.1) is 24.1 Å². The molecule has 0 aliphatic carbocycles. The number of nitrogens with zero attached hydrogens (tertiary/aromatic N) is 4. The molecule has 3 N–H and O–H groups in total. The lowest BCUT2D eigenvalue weighted by molar-refractivity contribution is -0.0691. The number of hydrogen-bond acceptors (Lipinski definition) is 11. The molecule has 1 saturated heterocycles. The summed E-state index contributed by atoms with van der Waals surface area (Å²) in [5.74, 6) is -0.445. The fraction of sp³-hybridized carbons (Fsp3) is 0.683. The Bertz CT molecular complexity index is 1680. The van der Waals surface area contributed by atoms with Gasteiger partial charge in [-0.2, -0.15) is 10.4 Å². The topological polar surface area (TPSA) is 178 Å². The molecule has 0 bridgehead atoms. The van der Waals surface area contributed by atoms with E-state index in [2.05, 4.69) is 17.0 Å². The lowest BCUT2D eigenvalue weighted by Crippen LogP contribution is -2.41. The summed E-state index contributed by atoms with van der Waals surface area (Å²) in [5, 5.41) is 36.1. The van der Waals surface area contributed by atoms with E-state index in [1.165, 1.54) is 106 Å². The number of fused-ring (bicyclic) bond motifs is 1. The third-order valence-corrected chi connectivity index (χ3v) is 11.3. The van der Waals surface area contributed by atoms with Gasteiger partial charge in [0, 0.05) is 12.2 Å². The highest BCUT2D eigenvalue weighted by Crippen LogP contribution is 2.46. The number of aliphatic hydroxyl groups excluding tert-OH is 2. The third-order valence-electron chi connectivity index (χ3n) is 10.4. The first-order chi connectivity index (χ1) is 27.1. The maximum absolute atomic E-state index is 14.3. The molecule has 3 aromatic rings. The molecule has 56 heavy (non-hydrogen) atoms. The summed E-state index contributed by atoms with van der Waals surface area (Å²) in [5.41, 5.74) is -0.421. The first-order valence-electron chi connectivity index (χ1n) is 20.4. The molecule has 0 amide bonds. The Kier molecular flexibility index (Phi) is 19.8. The minimum absolute atomic E-state index is 0.0306. The zero-order valence-electron chi connectivity index (χ0n) is 33.1. The number of aryl methyl sites for hydroxylation is 1. The van der Waals surface area contributed by atoms with Crippen molar-refractivity contribution < 1.29 is 47.3 Å². The van der Waals surface area contributed by atoms with Gasteiger partial charge in [-0.25, -0.2) is 18.5 Å². The van der Waals surface area contributed by atoms with Gasteiger partial charge in [-0.3, -0.25) is 9.05 Å². The molecule has 1 unspecified atom stereocenters. The minimum atomic E-state index is -4.78. The summed E-state index contributed by atoms with van der Waals surface area (Å²) in [4.78, 5) is 14.7. The molecule has 312 valence electrons. The smallest absolute Gasteiger partial charge is 0.387 e. The van der Waals surface area contributed by atoms with Gasteiger partial charge in [0.1, 0.15) is 42.6 Å². The van der Waals surface area contributed by atoms with Crippen molar-refractivity contribution in [2.45, 2.75) is 153 Å². The molecule has 0 spiro atoms. The fourth-order valence-electron chi connectivity index (χ4n) is 6.97. The van der Waals surface area contributed by atoms with Gasteiger partial charge in [-0.15, -0.1) is 0 Å². The van der Waals surface area contributed by atoms with Crippen LogP contribution in [0.25, 0.3) is 5.52 Å². The molecular formula is C41H62FN4O9P. The molecule has 1 aliphatic rings. The van der Waals surface area contributed by atoms with Crippen LogP contribution in [-0.2, 0) is 40.0 Å². The van der Waals surface area contributed by atoms with Crippen LogP contribution in [-0.4, -0.2) is 80.5 Å². The highest BCUT2D eigenvalue weighted by atomic mass is 31.2. The number of aliphatic hydroxyl groups is 2. The van der Waals surface area contributed by atoms with E-state index < -0.39 is 56.9 Å². The molecule has 3 heterocycles. The van der Waals surface area contributed by atoms with Crippen molar-refractivity contribution in [2.75, 3.05) is 26.4 Å². The van der Waals surface area contributed by atoms with Crippen LogP contribution >= 0.6 is 7.82 Å². The average Bonchev–Trinajstić information content (AvgIpc) is 3.74. The van der Waals surface area contributed by atoms with Gasteiger partial charge in [-0.05, 0) is 31.5 Å². The summed E-state index contributed by atoms with van der Waals surface area (Å²) < 4.78 is 56.6. The van der Waals surface area contributed by atoms with Gasteiger partial charge < -0.3 is 29.3 Å². The van der Waals surface area contributed by atoms with Crippen LogP contribution in [0.2, 0.25) is 0 Å². The van der Waals surface area contributed by atoms with E-state index in [0.29, 0.717) is 23.4 Å². The molecule has 15 heteroatoms. The number of phosphoric ester groups is 1. The van der Waals surface area contributed by atoms with Gasteiger partial charge >= 0.3 is 7.82 Å². The highest BCUT2D eigenvalue weighted by molar-refractivity contribution is 7.47. The Balaban J connectivity index is 1.17. The quantitative estimate of drug-likeness (QED) is 0.0456. The third kappa shape index (κ3) is 13.9. The Labute approximate surface area is 331 Å². The van der Waals surface area contributed by atoms with Crippen LogP contribution in [0.3, 0.4) is 0 Å². The summed E-state index contributed by atoms with van der Waals surface area (Å²) in [7, 11) is -4.78. The normalized spacial score (nSPS) is 21.3. The number of ether oxygens (including phenoxy) is 3. The largest absolute Gasteiger partial charge is 0.472 e. The minimum Gasteiger partial charge on any atom is -0.387 e. The maximum atomic E-state index is 14.3. The van der Waals surface area contributed by atoms with E-state index in [9.17, 15) is 29.3 Å². The first-order valence-corrected chi connectivity index (χ1v) is 21.9. The van der Waals surface area contributed by atoms with Crippen molar-refractivity contribution in [1.82, 2.24) is 14.6 Å². The number of nitriles is 1. The fourth-order valence-corrected chi connectivity index (χ4v) is 7.74. The summed E-state index contributed by atoms with van der Waals surface area (Å²) >= 11 is 0. The molecule has 6 atom stereocenters. The van der Waals surface area contributed by atoms with Crippen LogP contribution in [0.15, 0.2) is 42.7 Å². The molecule has 1 fully saturated rings. The number of hydrogen-bond donors (Lipinski definition) is 3. The van der Waals surface area contributed by atoms with Gasteiger partial charge in [-0.1, -0.05) is 121 Å². The molecule has 1 aromatic carbocycles. The lowest BCUT2D eigenvalue weighted by Gasteiger charge is -2.24. The van der Waals surface area contributed by atoms with E-state index in [-0.39, 0.29) is 18.9 Å². The molecule has 2 aromatic heterocycles. The summed E-state index contributed by atoms with van der Waals surface area (Å²) in [6.45, 7) is 3.27. The Morgan fingerprint density at radius 3 is 2.18 bits per heavy atom. The maximum Gasteiger partial charge on any atom is 0.472 e. The number of unbranched alkanes of at least 4 members (excludes halogenated alkanes) is 15. The number of rotatable bonds is 29. The van der Waals surface area contributed by atoms with Crippen molar-refractivity contribution >= 4 is 13.3 Å². The average molecular weight is 805 g/mol. The molecule has 13 nitrogen and oxygen atoms in total. The molecule has 1 aliphatic heterocycles.